The van der Waals surface area contributed by atoms with Crippen molar-refractivity contribution < 1.29 is 38.5 Å². The summed E-state index contributed by atoms with van der Waals surface area (Å²) in [6, 6.07) is 0. The number of hydrogen-bond acceptors (Lipinski definition) is 8. The summed E-state index contributed by atoms with van der Waals surface area (Å²) in [5.74, 6) is -5.86. The first-order valence-electron chi connectivity index (χ1n) is 8.96. The van der Waals surface area contributed by atoms with Gasteiger partial charge in [-0.3, -0.25) is 14.4 Å². The molecule has 8 nitrogen and oxygen atoms in total. The number of rotatable bonds is 13. The Labute approximate surface area is 154 Å². The molecule has 0 radical (unpaired) electrons. The van der Waals surface area contributed by atoms with Crippen molar-refractivity contribution in [1.82, 2.24) is 0 Å². The third-order valence-corrected chi connectivity index (χ3v) is 3.53. The zero-order valence-corrected chi connectivity index (χ0v) is 16.0. The average Bonchev–Trinajstić information content (AvgIpc) is 2.57. The lowest BCUT2D eigenvalue weighted by Gasteiger charge is -2.30. The third-order valence-electron chi connectivity index (χ3n) is 3.53. The Bertz CT molecular complexity index is 488. The Morgan fingerprint density at radius 3 is 1.96 bits per heavy atom. The van der Waals surface area contributed by atoms with Crippen LogP contribution >= 0.6 is 0 Å². The van der Waals surface area contributed by atoms with E-state index >= 15 is 0 Å². The molecule has 0 bridgehead atoms. The van der Waals surface area contributed by atoms with Crippen molar-refractivity contribution in [3.05, 3.63) is 0 Å². The van der Waals surface area contributed by atoms with E-state index in [2.05, 4.69) is 0 Å². The molecule has 0 heterocycles. The number of unbranched alkanes of at least 4 members (excludes halogenated alkanes) is 1. The fraction of sp³-hybridized carbons (Fsp3) is 0.778. The number of carbonyl (C=O) groups excluding carboxylic acids is 4. The van der Waals surface area contributed by atoms with Crippen LogP contribution in [0.1, 0.15) is 59.8 Å². The summed E-state index contributed by atoms with van der Waals surface area (Å²) >= 11 is 0. The van der Waals surface area contributed by atoms with Crippen LogP contribution in [0.4, 0.5) is 0 Å². The number of aliphatic hydroxyl groups is 1. The molecule has 26 heavy (non-hydrogen) atoms. The average molecular weight is 374 g/mol. The monoisotopic (exact) mass is 374 g/mol. The van der Waals surface area contributed by atoms with Crippen LogP contribution in [0.2, 0.25) is 0 Å². The third kappa shape index (κ3) is 7.51. The second-order valence-electron chi connectivity index (χ2n) is 6.02. The van der Waals surface area contributed by atoms with Gasteiger partial charge in [-0.15, -0.1) is 0 Å². The zero-order chi connectivity index (χ0) is 20.2. The maximum Gasteiger partial charge on any atom is 0.340 e. The number of ether oxygens (including phenoxy) is 3. The molecule has 0 amide bonds. The molecule has 150 valence electrons. The van der Waals surface area contributed by atoms with Crippen LogP contribution in [0.15, 0.2) is 0 Å². The Hall–Kier alpha value is -1.96. The number of Topliss-reactive ketones (excluding diaryl/α,β-unsaturated/α-hetero) is 1. The zero-order valence-electron chi connectivity index (χ0n) is 16.0. The fourth-order valence-corrected chi connectivity index (χ4v) is 2.20. The molecule has 0 aliphatic heterocycles. The van der Waals surface area contributed by atoms with E-state index in [4.69, 9.17) is 14.2 Å². The molecule has 2 unspecified atom stereocenters. The van der Waals surface area contributed by atoms with Crippen molar-refractivity contribution in [2.45, 2.75) is 65.4 Å². The summed E-state index contributed by atoms with van der Waals surface area (Å²) in [5, 5.41) is 10.8. The highest BCUT2D eigenvalue weighted by atomic mass is 16.6. The molecule has 0 aromatic heterocycles. The van der Waals surface area contributed by atoms with Crippen molar-refractivity contribution in [2.24, 2.45) is 5.92 Å². The molecule has 0 aromatic carbocycles. The highest BCUT2D eigenvalue weighted by Crippen LogP contribution is 2.27. The molecule has 0 fully saturated rings. The second kappa shape index (κ2) is 12.4. The smallest absolute Gasteiger partial charge is 0.340 e. The van der Waals surface area contributed by atoms with Crippen molar-refractivity contribution in [3.8, 4) is 0 Å². The predicted molar refractivity (Wildman–Crippen MR) is 92.1 cm³/mol. The molecule has 0 saturated heterocycles. The van der Waals surface area contributed by atoms with Crippen molar-refractivity contribution >= 4 is 23.7 Å². The summed E-state index contributed by atoms with van der Waals surface area (Å²) in [6.45, 7) is 6.54. The van der Waals surface area contributed by atoms with Gasteiger partial charge in [-0.05, 0) is 26.2 Å². The van der Waals surface area contributed by atoms with Gasteiger partial charge in [-0.25, -0.2) is 4.79 Å². The SMILES string of the molecule is CCCCOC(=O)CC(O)(C(=O)OCCC)C(C(C)=O)C(=O)OCCC. The Morgan fingerprint density at radius 2 is 1.46 bits per heavy atom. The van der Waals surface area contributed by atoms with E-state index in [1.54, 1.807) is 13.8 Å². The number of ketones is 1. The van der Waals surface area contributed by atoms with Crippen molar-refractivity contribution in [1.29, 1.82) is 0 Å². The van der Waals surface area contributed by atoms with Gasteiger partial charge in [-0.2, -0.15) is 0 Å². The van der Waals surface area contributed by atoms with E-state index in [-0.39, 0.29) is 19.8 Å². The Morgan fingerprint density at radius 1 is 0.885 bits per heavy atom. The van der Waals surface area contributed by atoms with Gasteiger partial charge >= 0.3 is 17.9 Å². The lowest BCUT2D eigenvalue weighted by atomic mass is 9.81. The lowest BCUT2D eigenvalue weighted by molar-refractivity contribution is -0.187. The number of esters is 3. The molecule has 0 saturated carbocycles. The van der Waals surface area contributed by atoms with Crippen LogP contribution in [0, 0.1) is 5.92 Å². The largest absolute Gasteiger partial charge is 0.466 e. The van der Waals surface area contributed by atoms with E-state index in [9.17, 15) is 24.3 Å². The Kier molecular flexibility index (Phi) is 11.5. The molecular formula is C18H30O8. The second-order valence-corrected chi connectivity index (χ2v) is 6.02. The molecule has 0 spiro atoms. The van der Waals surface area contributed by atoms with E-state index < -0.39 is 41.6 Å². The van der Waals surface area contributed by atoms with E-state index in [1.807, 2.05) is 6.92 Å². The lowest BCUT2D eigenvalue weighted by Crippen LogP contribution is -2.55. The van der Waals surface area contributed by atoms with Gasteiger partial charge < -0.3 is 19.3 Å². The van der Waals surface area contributed by atoms with E-state index in [0.29, 0.717) is 19.3 Å². The topological polar surface area (TPSA) is 116 Å². The molecule has 1 N–H and O–H groups in total. The van der Waals surface area contributed by atoms with Crippen LogP contribution < -0.4 is 0 Å². The highest BCUT2D eigenvalue weighted by Gasteiger charge is 2.54. The first-order valence-corrected chi connectivity index (χ1v) is 8.96. The van der Waals surface area contributed by atoms with E-state index in [0.717, 1.165) is 13.3 Å². The predicted octanol–water partition coefficient (Wildman–Crippen LogP) is 1.56. The maximum atomic E-state index is 12.4. The van der Waals surface area contributed by atoms with Crippen LogP contribution in [0.5, 0.6) is 0 Å². The molecule has 0 aliphatic rings. The minimum Gasteiger partial charge on any atom is -0.466 e. The molecule has 2 atom stereocenters. The van der Waals surface area contributed by atoms with Crippen LogP contribution in [-0.4, -0.2) is 54.2 Å². The van der Waals surface area contributed by atoms with Gasteiger partial charge in [0, 0.05) is 0 Å². The summed E-state index contributed by atoms with van der Waals surface area (Å²) < 4.78 is 14.8. The summed E-state index contributed by atoms with van der Waals surface area (Å²) in [6.07, 6.45) is 1.49. The molecular weight excluding hydrogens is 344 g/mol. The Balaban J connectivity index is 5.55. The molecule has 0 aromatic rings. The summed E-state index contributed by atoms with van der Waals surface area (Å²) in [4.78, 5) is 48.6. The minimum absolute atomic E-state index is 0.0175. The van der Waals surface area contributed by atoms with Gasteiger partial charge in [-0.1, -0.05) is 27.2 Å². The fourth-order valence-electron chi connectivity index (χ4n) is 2.20. The summed E-state index contributed by atoms with van der Waals surface area (Å²) in [7, 11) is 0. The number of carbonyl (C=O) groups is 4. The molecule has 8 heteroatoms. The summed E-state index contributed by atoms with van der Waals surface area (Å²) in [5.41, 5.74) is -2.67. The van der Waals surface area contributed by atoms with Crippen LogP contribution in [-0.2, 0) is 33.4 Å². The molecule has 0 aliphatic carbocycles. The van der Waals surface area contributed by atoms with Gasteiger partial charge in [0.2, 0.25) is 0 Å². The van der Waals surface area contributed by atoms with Crippen molar-refractivity contribution in [3.63, 3.8) is 0 Å². The van der Waals surface area contributed by atoms with E-state index in [1.165, 1.54) is 0 Å². The van der Waals surface area contributed by atoms with Gasteiger partial charge in [0.1, 0.15) is 5.78 Å². The van der Waals surface area contributed by atoms with Gasteiger partial charge in [0.25, 0.3) is 0 Å². The number of hydrogen-bond donors (Lipinski definition) is 1. The minimum atomic E-state index is -2.67. The van der Waals surface area contributed by atoms with Crippen LogP contribution in [0.3, 0.4) is 0 Å². The van der Waals surface area contributed by atoms with Gasteiger partial charge in [0.05, 0.1) is 26.2 Å². The molecule has 0 rings (SSSR count). The first-order chi connectivity index (χ1) is 12.2. The maximum absolute atomic E-state index is 12.4. The van der Waals surface area contributed by atoms with Crippen LogP contribution in [0.25, 0.3) is 0 Å². The first kappa shape index (κ1) is 24.0. The van der Waals surface area contributed by atoms with Gasteiger partial charge in [0.15, 0.2) is 11.5 Å². The van der Waals surface area contributed by atoms with Crippen molar-refractivity contribution in [2.75, 3.05) is 19.8 Å². The quantitative estimate of drug-likeness (QED) is 0.223. The standard InChI is InChI=1S/C18H30O8/c1-5-8-11-24-14(20)12-18(23,17(22)26-10-7-3)15(13(4)19)16(21)25-9-6-2/h15,23H,5-12H2,1-4H3. The normalized spacial score (nSPS) is 14.0. The highest BCUT2D eigenvalue weighted by molar-refractivity contribution is 6.05.